The number of ether oxygens (including phenoxy) is 1. The summed E-state index contributed by atoms with van der Waals surface area (Å²) in [5.41, 5.74) is 6.68. The first-order chi connectivity index (χ1) is 18.2. The number of rotatable bonds is 9. The number of amides is 1. The van der Waals surface area contributed by atoms with Gasteiger partial charge < -0.3 is 21.5 Å². The van der Waals surface area contributed by atoms with Gasteiger partial charge in [-0.1, -0.05) is 30.3 Å². The van der Waals surface area contributed by atoms with Gasteiger partial charge in [-0.2, -0.15) is 31.4 Å². The molecule has 1 saturated heterocycles. The highest BCUT2D eigenvalue weighted by Crippen LogP contribution is 2.42. The molecule has 1 aliphatic rings. The molecular formula is C26H29F6N5O2. The molecule has 2 aromatic carbocycles. The number of alkyl halides is 6. The van der Waals surface area contributed by atoms with Crippen LogP contribution in [0.25, 0.3) is 0 Å². The van der Waals surface area contributed by atoms with Gasteiger partial charge in [0.25, 0.3) is 0 Å². The number of nitrogens with zero attached hydrogens (tertiary/aromatic N) is 2. The fourth-order valence-corrected chi connectivity index (χ4v) is 4.54. The van der Waals surface area contributed by atoms with Crippen LogP contribution >= 0.6 is 0 Å². The van der Waals surface area contributed by atoms with E-state index in [1.807, 2.05) is 12.1 Å². The Balaban J connectivity index is 1.88. The number of halogens is 6. The van der Waals surface area contributed by atoms with E-state index in [2.05, 4.69) is 15.5 Å². The van der Waals surface area contributed by atoms with E-state index in [4.69, 9.17) is 16.2 Å². The van der Waals surface area contributed by atoms with Crippen LogP contribution in [0, 0.1) is 5.41 Å². The zero-order valence-corrected chi connectivity index (χ0v) is 21.0. The lowest BCUT2D eigenvalue weighted by molar-refractivity contribution is -0.143. The van der Waals surface area contributed by atoms with Crippen LogP contribution in [0.4, 0.5) is 26.3 Å². The summed E-state index contributed by atoms with van der Waals surface area (Å²) < 4.78 is 86.0. The summed E-state index contributed by atoms with van der Waals surface area (Å²) in [5.74, 6) is -0.558. The van der Waals surface area contributed by atoms with E-state index in [0.717, 1.165) is 11.9 Å². The topological polar surface area (TPSA) is 115 Å². The van der Waals surface area contributed by atoms with Crippen molar-refractivity contribution in [2.75, 3.05) is 13.2 Å². The molecule has 0 aromatic heterocycles. The van der Waals surface area contributed by atoms with E-state index in [9.17, 15) is 31.1 Å². The summed E-state index contributed by atoms with van der Waals surface area (Å²) in [6.07, 6.45) is -7.81. The van der Waals surface area contributed by atoms with Crippen LogP contribution in [-0.2, 0) is 27.4 Å². The van der Waals surface area contributed by atoms with Crippen molar-refractivity contribution in [3.8, 4) is 0 Å². The third-order valence-corrected chi connectivity index (χ3v) is 7.00. The highest BCUT2D eigenvalue weighted by molar-refractivity contribution is 5.84. The van der Waals surface area contributed by atoms with Gasteiger partial charge in [0.15, 0.2) is 0 Å². The molecule has 1 fully saturated rings. The SMILES string of the molecule is C[C@@H](OC[C@@]1(c2ccccc2)CC[C@](C/C=N\N=C/N)(C(N)=O)CN1)c1cc(C(F)(F)F)cc(C(F)(F)F)c1. The molecule has 2 aromatic rings. The highest BCUT2D eigenvalue weighted by atomic mass is 19.4. The van der Waals surface area contributed by atoms with Crippen molar-refractivity contribution in [3.05, 3.63) is 70.8 Å². The molecule has 0 saturated carbocycles. The average Bonchev–Trinajstić information content (AvgIpc) is 2.89. The monoisotopic (exact) mass is 557 g/mol. The van der Waals surface area contributed by atoms with E-state index in [1.54, 1.807) is 18.2 Å². The van der Waals surface area contributed by atoms with Gasteiger partial charge in [0.1, 0.15) is 6.34 Å². The van der Waals surface area contributed by atoms with Crippen LogP contribution in [0.3, 0.4) is 0 Å². The van der Waals surface area contributed by atoms with Crippen molar-refractivity contribution in [2.45, 2.75) is 50.2 Å². The molecule has 1 heterocycles. The second-order valence-corrected chi connectivity index (χ2v) is 9.51. The number of nitrogens with two attached hydrogens (primary N) is 2. The lowest BCUT2D eigenvalue weighted by Crippen LogP contribution is -2.59. The Labute approximate surface area is 221 Å². The molecule has 3 rings (SSSR count). The number of carbonyl (C=O) groups is 1. The first kappa shape index (κ1) is 30.1. The van der Waals surface area contributed by atoms with Crippen molar-refractivity contribution < 1.29 is 35.9 Å². The molecule has 0 spiro atoms. The molecule has 3 atom stereocenters. The van der Waals surface area contributed by atoms with Crippen molar-refractivity contribution in [1.29, 1.82) is 0 Å². The summed E-state index contributed by atoms with van der Waals surface area (Å²) in [6.45, 7) is 1.41. The average molecular weight is 558 g/mol. The number of benzene rings is 2. The summed E-state index contributed by atoms with van der Waals surface area (Å²) in [5, 5.41) is 10.6. The van der Waals surface area contributed by atoms with E-state index in [-0.39, 0.29) is 31.2 Å². The third-order valence-electron chi connectivity index (χ3n) is 7.00. The van der Waals surface area contributed by atoms with Crippen LogP contribution in [0.1, 0.15) is 54.5 Å². The van der Waals surface area contributed by atoms with E-state index in [0.29, 0.717) is 25.0 Å². The summed E-state index contributed by atoms with van der Waals surface area (Å²) in [7, 11) is 0. The molecule has 212 valence electrons. The molecule has 1 aliphatic heterocycles. The minimum atomic E-state index is -4.97. The van der Waals surface area contributed by atoms with Gasteiger partial charge in [0.05, 0.1) is 34.8 Å². The maximum absolute atomic E-state index is 13.3. The predicted octanol–water partition coefficient (Wildman–Crippen LogP) is 4.92. The summed E-state index contributed by atoms with van der Waals surface area (Å²) in [6, 6.07) is 10.4. The van der Waals surface area contributed by atoms with Crippen LogP contribution in [0.15, 0.2) is 58.7 Å². The van der Waals surface area contributed by atoms with E-state index < -0.39 is 46.4 Å². The smallest absolute Gasteiger partial charge is 0.388 e. The number of hydrogen-bond donors (Lipinski definition) is 3. The predicted molar refractivity (Wildman–Crippen MR) is 134 cm³/mol. The van der Waals surface area contributed by atoms with Gasteiger partial charge >= 0.3 is 12.4 Å². The minimum Gasteiger partial charge on any atom is -0.388 e. The van der Waals surface area contributed by atoms with Gasteiger partial charge in [-0.25, -0.2) is 0 Å². The Hall–Kier alpha value is -3.45. The third kappa shape index (κ3) is 7.15. The minimum absolute atomic E-state index is 0.0793. The molecule has 0 unspecified atom stereocenters. The summed E-state index contributed by atoms with van der Waals surface area (Å²) in [4.78, 5) is 12.4. The zero-order valence-electron chi connectivity index (χ0n) is 21.0. The Morgan fingerprint density at radius 2 is 1.67 bits per heavy atom. The van der Waals surface area contributed by atoms with Crippen LogP contribution in [-0.4, -0.2) is 31.6 Å². The fourth-order valence-electron chi connectivity index (χ4n) is 4.54. The van der Waals surface area contributed by atoms with Crippen LogP contribution in [0.2, 0.25) is 0 Å². The zero-order chi connectivity index (χ0) is 28.9. The molecule has 5 N–H and O–H groups in total. The largest absolute Gasteiger partial charge is 0.416 e. The summed E-state index contributed by atoms with van der Waals surface area (Å²) >= 11 is 0. The first-order valence-electron chi connectivity index (χ1n) is 12.0. The molecule has 0 bridgehead atoms. The number of primary amides is 1. The molecule has 39 heavy (non-hydrogen) atoms. The van der Waals surface area contributed by atoms with Crippen LogP contribution in [0.5, 0.6) is 0 Å². The van der Waals surface area contributed by atoms with Crippen molar-refractivity contribution >= 4 is 18.5 Å². The first-order valence-corrected chi connectivity index (χ1v) is 12.0. The molecule has 0 radical (unpaired) electrons. The Morgan fingerprint density at radius 3 is 2.15 bits per heavy atom. The Kier molecular flexibility index (Phi) is 9.06. The second-order valence-electron chi connectivity index (χ2n) is 9.51. The van der Waals surface area contributed by atoms with Gasteiger partial charge in [-0.15, -0.1) is 5.10 Å². The van der Waals surface area contributed by atoms with Gasteiger partial charge in [0, 0.05) is 19.2 Å². The van der Waals surface area contributed by atoms with E-state index in [1.165, 1.54) is 13.1 Å². The lowest BCUT2D eigenvalue weighted by atomic mass is 9.70. The Morgan fingerprint density at radius 1 is 1.05 bits per heavy atom. The molecule has 0 aliphatic carbocycles. The maximum Gasteiger partial charge on any atom is 0.416 e. The van der Waals surface area contributed by atoms with Gasteiger partial charge in [0.2, 0.25) is 5.91 Å². The molecule has 13 heteroatoms. The fraction of sp³-hybridized carbons (Fsp3) is 0.423. The van der Waals surface area contributed by atoms with Crippen LogP contribution < -0.4 is 16.8 Å². The van der Waals surface area contributed by atoms with Crippen molar-refractivity contribution in [3.63, 3.8) is 0 Å². The highest BCUT2D eigenvalue weighted by Gasteiger charge is 2.47. The van der Waals surface area contributed by atoms with E-state index >= 15 is 0 Å². The Bertz CT molecular complexity index is 1160. The molecule has 7 nitrogen and oxygen atoms in total. The van der Waals surface area contributed by atoms with Gasteiger partial charge in [-0.3, -0.25) is 4.79 Å². The van der Waals surface area contributed by atoms with Crippen molar-refractivity contribution in [2.24, 2.45) is 27.1 Å². The second kappa shape index (κ2) is 11.7. The standard InChI is InChI=1S/C26H29F6N5O2/c1-17(18-11-20(25(27,28)29)13-21(12-18)26(30,31)32)39-15-24(19-5-3-2-4-6-19)8-7-23(14-35-24,22(34)38)9-10-36-37-16-33/h2-6,10-13,16-17,35H,7-9,14-15H2,1H3,(H2,33,37)(H2,34,38)/b36-10-/t17-,23-,24-/m1/s1. The van der Waals surface area contributed by atoms with Gasteiger partial charge in [-0.05, 0) is 49.1 Å². The van der Waals surface area contributed by atoms with Crippen molar-refractivity contribution in [1.82, 2.24) is 5.32 Å². The molecular weight excluding hydrogens is 528 g/mol. The maximum atomic E-state index is 13.3. The quantitative estimate of drug-likeness (QED) is 0.176. The number of nitrogens with one attached hydrogen (secondary N) is 1. The molecule has 1 amide bonds. The number of hydrogen-bond acceptors (Lipinski definition) is 5. The number of piperidine rings is 1. The number of carbonyl (C=O) groups excluding carboxylic acids is 1. The normalized spacial score (nSPS) is 23.4. The lowest BCUT2D eigenvalue weighted by Gasteiger charge is -2.46.